The molecule has 1 amide bonds. The highest BCUT2D eigenvalue weighted by Gasteiger charge is 2.25. The molecule has 1 aromatic heterocycles. The molecule has 126 valence electrons. The van der Waals surface area contributed by atoms with Crippen molar-refractivity contribution in [1.82, 2.24) is 9.29 Å². The van der Waals surface area contributed by atoms with Crippen molar-refractivity contribution >= 4 is 29.5 Å². The van der Waals surface area contributed by atoms with Crippen LogP contribution in [0.4, 0.5) is 11.5 Å². The quantitative estimate of drug-likeness (QED) is 0.845. The number of nitrogens with one attached hydrogen (secondary N) is 1. The number of aryl methyl sites for hydroxylation is 2. The SMILES string of the molecule is CCc1cccc(NSN2CCN(c3ccc(C)cc3)C(=O)C2)n1. The topological polar surface area (TPSA) is 48.5 Å². The first-order valence-corrected chi connectivity index (χ1v) is 8.94. The van der Waals surface area contributed by atoms with E-state index in [9.17, 15) is 4.79 Å². The molecule has 0 spiro atoms. The summed E-state index contributed by atoms with van der Waals surface area (Å²) in [6.07, 6.45) is 0.911. The van der Waals surface area contributed by atoms with Gasteiger partial charge in [0, 0.05) is 36.6 Å². The zero-order chi connectivity index (χ0) is 16.9. The maximum Gasteiger partial charge on any atom is 0.242 e. The molecule has 2 heterocycles. The van der Waals surface area contributed by atoms with Crippen LogP contribution in [0.3, 0.4) is 0 Å². The molecular formula is C18H22N4OS. The molecule has 0 saturated carbocycles. The lowest BCUT2D eigenvalue weighted by atomic mass is 10.2. The molecule has 5 nitrogen and oxygen atoms in total. The van der Waals surface area contributed by atoms with Gasteiger partial charge in [0.1, 0.15) is 5.82 Å². The number of anilines is 2. The second-order valence-electron chi connectivity index (χ2n) is 5.81. The number of hydrogen-bond donors (Lipinski definition) is 1. The van der Waals surface area contributed by atoms with E-state index in [0.717, 1.165) is 30.2 Å². The summed E-state index contributed by atoms with van der Waals surface area (Å²) in [5, 5.41) is 0. The van der Waals surface area contributed by atoms with Gasteiger partial charge in [-0.3, -0.25) is 4.79 Å². The Kier molecular flexibility index (Phi) is 5.37. The van der Waals surface area contributed by atoms with Crippen molar-refractivity contribution in [3.63, 3.8) is 0 Å². The lowest BCUT2D eigenvalue weighted by molar-refractivity contribution is -0.119. The van der Waals surface area contributed by atoms with Gasteiger partial charge in [0.2, 0.25) is 5.91 Å². The fourth-order valence-corrected chi connectivity index (χ4v) is 3.26. The minimum atomic E-state index is 0.120. The summed E-state index contributed by atoms with van der Waals surface area (Å²) in [5.74, 6) is 0.947. The van der Waals surface area contributed by atoms with Crippen molar-refractivity contribution in [2.75, 3.05) is 29.3 Å². The minimum Gasteiger partial charge on any atom is -0.310 e. The van der Waals surface area contributed by atoms with Crippen LogP contribution in [0.2, 0.25) is 0 Å². The van der Waals surface area contributed by atoms with Gasteiger partial charge < -0.3 is 9.62 Å². The molecule has 0 unspecified atom stereocenters. The average Bonchev–Trinajstić information content (AvgIpc) is 2.61. The number of carbonyl (C=O) groups excluding carboxylic acids is 1. The van der Waals surface area contributed by atoms with Gasteiger partial charge in [-0.1, -0.05) is 30.7 Å². The second kappa shape index (κ2) is 7.68. The Morgan fingerprint density at radius 3 is 2.67 bits per heavy atom. The van der Waals surface area contributed by atoms with Crippen LogP contribution in [0, 0.1) is 6.92 Å². The largest absolute Gasteiger partial charge is 0.310 e. The normalized spacial score (nSPS) is 15.6. The van der Waals surface area contributed by atoms with Crippen LogP contribution >= 0.6 is 12.1 Å². The molecule has 2 aromatic rings. The summed E-state index contributed by atoms with van der Waals surface area (Å²) in [6, 6.07) is 14.0. The van der Waals surface area contributed by atoms with Crippen molar-refractivity contribution in [1.29, 1.82) is 0 Å². The highest BCUT2D eigenvalue weighted by molar-refractivity contribution is 7.98. The molecule has 1 aliphatic rings. The van der Waals surface area contributed by atoms with Gasteiger partial charge in [-0.05, 0) is 37.6 Å². The highest BCUT2D eigenvalue weighted by atomic mass is 32.2. The van der Waals surface area contributed by atoms with Crippen LogP contribution in [-0.2, 0) is 11.2 Å². The minimum absolute atomic E-state index is 0.120. The van der Waals surface area contributed by atoms with Gasteiger partial charge in [-0.15, -0.1) is 0 Å². The lowest BCUT2D eigenvalue weighted by Crippen LogP contribution is -2.48. The number of hydrogen-bond acceptors (Lipinski definition) is 5. The number of piperazine rings is 1. The Balaban J connectivity index is 1.55. The van der Waals surface area contributed by atoms with Crippen LogP contribution in [0.25, 0.3) is 0 Å². The first-order chi connectivity index (χ1) is 11.7. The molecule has 1 fully saturated rings. The molecule has 3 rings (SSSR count). The van der Waals surface area contributed by atoms with E-state index in [4.69, 9.17) is 0 Å². The molecule has 6 heteroatoms. The van der Waals surface area contributed by atoms with Gasteiger partial charge >= 0.3 is 0 Å². The van der Waals surface area contributed by atoms with Crippen molar-refractivity contribution in [3.8, 4) is 0 Å². The Labute approximate surface area is 147 Å². The maximum atomic E-state index is 12.4. The number of benzene rings is 1. The van der Waals surface area contributed by atoms with Gasteiger partial charge in [0.25, 0.3) is 0 Å². The number of amides is 1. The summed E-state index contributed by atoms with van der Waals surface area (Å²) < 4.78 is 5.27. The molecule has 1 aliphatic heterocycles. The average molecular weight is 342 g/mol. The number of carbonyl (C=O) groups is 1. The summed E-state index contributed by atoms with van der Waals surface area (Å²) in [7, 11) is 0. The van der Waals surface area contributed by atoms with Crippen LogP contribution in [0.1, 0.15) is 18.2 Å². The Morgan fingerprint density at radius 2 is 1.96 bits per heavy atom. The van der Waals surface area contributed by atoms with Crippen molar-refractivity contribution in [2.24, 2.45) is 0 Å². The zero-order valence-corrected chi connectivity index (χ0v) is 14.8. The maximum absolute atomic E-state index is 12.4. The predicted molar refractivity (Wildman–Crippen MR) is 99.9 cm³/mol. The highest BCUT2D eigenvalue weighted by Crippen LogP contribution is 2.22. The van der Waals surface area contributed by atoms with Gasteiger partial charge in [-0.25, -0.2) is 9.29 Å². The summed E-state index contributed by atoms with van der Waals surface area (Å²) in [4.78, 5) is 18.8. The number of pyridine rings is 1. The first-order valence-electron chi connectivity index (χ1n) is 8.16. The third-order valence-corrected chi connectivity index (χ3v) is 4.85. The van der Waals surface area contributed by atoms with E-state index in [-0.39, 0.29) is 5.91 Å². The second-order valence-corrected chi connectivity index (χ2v) is 6.71. The molecule has 24 heavy (non-hydrogen) atoms. The monoisotopic (exact) mass is 342 g/mol. The smallest absolute Gasteiger partial charge is 0.242 e. The molecule has 0 aliphatic carbocycles. The molecule has 0 radical (unpaired) electrons. The fourth-order valence-electron chi connectivity index (χ4n) is 2.57. The van der Waals surface area contributed by atoms with Gasteiger partial charge in [0.15, 0.2) is 0 Å². The molecule has 1 saturated heterocycles. The van der Waals surface area contributed by atoms with Crippen LogP contribution < -0.4 is 9.62 Å². The van der Waals surface area contributed by atoms with Gasteiger partial charge in [0.05, 0.1) is 6.54 Å². The first kappa shape index (κ1) is 16.8. The van der Waals surface area contributed by atoms with E-state index in [1.54, 1.807) is 0 Å². The van der Waals surface area contributed by atoms with E-state index < -0.39 is 0 Å². The van der Waals surface area contributed by atoms with E-state index in [1.165, 1.54) is 17.7 Å². The Hall–Kier alpha value is -2.05. The Bertz CT molecular complexity index is 704. The van der Waals surface area contributed by atoms with Crippen LogP contribution in [-0.4, -0.2) is 34.8 Å². The molecule has 1 N–H and O–H groups in total. The van der Waals surface area contributed by atoms with Gasteiger partial charge in [-0.2, -0.15) is 0 Å². The Morgan fingerprint density at radius 1 is 1.17 bits per heavy atom. The summed E-state index contributed by atoms with van der Waals surface area (Å²) in [6.45, 7) is 6.03. The van der Waals surface area contributed by atoms with Crippen molar-refractivity contribution < 1.29 is 4.79 Å². The molecule has 0 bridgehead atoms. The van der Waals surface area contributed by atoms with E-state index in [2.05, 4.69) is 16.6 Å². The van der Waals surface area contributed by atoms with Crippen LogP contribution in [0.15, 0.2) is 42.5 Å². The van der Waals surface area contributed by atoms with Crippen molar-refractivity contribution in [3.05, 3.63) is 53.7 Å². The number of rotatable bonds is 5. The molecule has 0 atom stereocenters. The van der Waals surface area contributed by atoms with E-state index in [0.29, 0.717) is 13.1 Å². The number of nitrogens with zero attached hydrogens (tertiary/aromatic N) is 3. The predicted octanol–water partition coefficient (Wildman–Crippen LogP) is 3.28. The lowest BCUT2D eigenvalue weighted by Gasteiger charge is -2.33. The zero-order valence-electron chi connectivity index (χ0n) is 14.0. The summed E-state index contributed by atoms with van der Waals surface area (Å²) >= 11 is 1.45. The van der Waals surface area contributed by atoms with E-state index in [1.807, 2.05) is 58.6 Å². The van der Waals surface area contributed by atoms with Crippen molar-refractivity contribution in [2.45, 2.75) is 20.3 Å². The van der Waals surface area contributed by atoms with Crippen LogP contribution in [0.5, 0.6) is 0 Å². The molecule has 1 aromatic carbocycles. The number of aromatic nitrogens is 1. The molecular weight excluding hydrogens is 320 g/mol. The third kappa shape index (κ3) is 4.07. The fraction of sp³-hybridized carbons (Fsp3) is 0.333. The van der Waals surface area contributed by atoms with E-state index >= 15 is 0 Å². The standard InChI is InChI=1S/C18H22N4OS/c1-3-15-5-4-6-17(19-15)20-24-21-11-12-22(18(23)13-21)16-9-7-14(2)8-10-16/h4-10H,3,11-13H2,1-2H3,(H,19,20). The summed E-state index contributed by atoms with van der Waals surface area (Å²) in [5.41, 5.74) is 3.23. The third-order valence-electron chi connectivity index (χ3n) is 3.98.